The Labute approximate surface area is 98.4 Å². The normalized spacial score (nSPS) is 34.7. The number of hydrogen-bond donors (Lipinski definition) is 2. The lowest BCUT2D eigenvalue weighted by atomic mass is 9.88. The summed E-state index contributed by atoms with van der Waals surface area (Å²) < 4.78 is 6.00. The van der Waals surface area contributed by atoms with E-state index in [1.165, 1.54) is 25.7 Å². The molecule has 16 heavy (non-hydrogen) atoms. The molecule has 2 saturated carbocycles. The summed E-state index contributed by atoms with van der Waals surface area (Å²) in [5, 5.41) is 9.36. The maximum absolute atomic E-state index is 9.36. The molecule has 3 nitrogen and oxygen atoms in total. The molecule has 0 amide bonds. The Morgan fingerprint density at radius 1 is 1.31 bits per heavy atom. The fraction of sp³-hybridized carbons (Fsp3) is 1.00. The van der Waals surface area contributed by atoms with Crippen LogP contribution in [0.2, 0.25) is 0 Å². The summed E-state index contributed by atoms with van der Waals surface area (Å²) in [6.07, 6.45) is 7.45. The summed E-state index contributed by atoms with van der Waals surface area (Å²) in [6.45, 7) is 2.35. The number of nitrogens with two attached hydrogens (primary N) is 1. The highest BCUT2D eigenvalue weighted by Gasteiger charge is 2.35. The topological polar surface area (TPSA) is 55.5 Å². The predicted octanol–water partition coefficient (Wildman–Crippen LogP) is 1.68. The van der Waals surface area contributed by atoms with Gasteiger partial charge in [-0.1, -0.05) is 19.8 Å². The second kappa shape index (κ2) is 5.48. The Bertz CT molecular complexity index is 218. The maximum Gasteiger partial charge on any atom is 0.0962 e. The molecule has 0 radical (unpaired) electrons. The van der Waals surface area contributed by atoms with Gasteiger partial charge in [0.2, 0.25) is 0 Å². The molecular formula is C13H25NO2. The molecule has 0 bridgehead atoms. The Morgan fingerprint density at radius 2 is 2.06 bits per heavy atom. The van der Waals surface area contributed by atoms with E-state index < -0.39 is 0 Å². The monoisotopic (exact) mass is 227 g/mol. The lowest BCUT2D eigenvalue weighted by molar-refractivity contribution is -0.0730. The molecule has 3 heteroatoms. The van der Waals surface area contributed by atoms with Gasteiger partial charge in [-0.05, 0) is 37.5 Å². The molecule has 0 saturated heterocycles. The van der Waals surface area contributed by atoms with E-state index in [1.54, 1.807) is 0 Å². The molecule has 4 unspecified atom stereocenters. The first-order chi connectivity index (χ1) is 7.70. The molecule has 94 valence electrons. The summed E-state index contributed by atoms with van der Waals surface area (Å²) >= 11 is 0. The van der Waals surface area contributed by atoms with E-state index in [0.717, 1.165) is 18.8 Å². The minimum absolute atomic E-state index is 0.0437. The van der Waals surface area contributed by atoms with E-state index in [1.807, 2.05) is 0 Å². The largest absolute Gasteiger partial charge is 0.394 e. The number of rotatable bonds is 5. The van der Waals surface area contributed by atoms with Crippen molar-refractivity contribution in [3.63, 3.8) is 0 Å². The quantitative estimate of drug-likeness (QED) is 0.751. The van der Waals surface area contributed by atoms with Gasteiger partial charge in [0.25, 0.3) is 0 Å². The summed E-state index contributed by atoms with van der Waals surface area (Å²) in [5.41, 5.74) is 6.10. The summed E-state index contributed by atoms with van der Waals surface area (Å²) in [5.74, 6) is 1.36. The van der Waals surface area contributed by atoms with E-state index in [9.17, 15) is 5.11 Å². The highest BCUT2D eigenvalue weighted by atomic mass is 16.5. The third-order valence-corrected chi connectivity index (χ3v) is 4.03. The Kier molecular flexibility index (Phi) is 4.22. The van der Waals surface area contributed by atoms with Crippen molar-refractivity contribution in [1.29, 1.82) is 0 Å². The molecular weight excluding hydrogens is 202 g/mol. The fourth-order valence-corrected chi connectivity index (χ4v) is 2.79. The van der Waals surface area contributed by atoms with Crippen molar-refractivity contribution in [2.45, 2.75) is 63.7 Å². The highest BCUT2D eigenvalue weighted by molar-refractivity contribution is 4.90. The Morgan fingerprint density at radius 3 is 2.62 bits per heavy atom. The third kappa shape index (κ3) is 3.19. The molecule has 0 heterocycles. The van der Waals surface area contributed by atoms with Crippen LogP contribution in [0.3, 0.4) is 0 Å². The van der Waals surface area contributed by atoms with E-state index in [2.05, 4.69) is 6.92 Å². The summed E-state index contributed by atoms with van der Waals surface area (Å²) in [6, 6.07) is 0.0437. The van der Waals surface area contributed by atoms with Crippen LogP contribution in [0, 0.1) is 11.8 Å². The van der Waals surface area contributed by atoms with Crippen LogP contribution in [-0.4, -0.2) is 30.0 Å². The molecule has 0 spiro atoms. The van der Waals surface area contributed by atoms with Crippen LogP contribution >= 0.6 is 0 Å². The van der Waals surface area contributed by atoms with Crippen LogP contribution < -0.4 is 5.73 Å². The molecule has 0 aromatic rings. The molecule has 0 aliphatic heterocycles. The summed E-state index contributed by atoms with van der Waals surface area (Å²) in [4.78, 5) is 0. The van der Waals surface area contributed by atoms with Crippen LogP contribution in [-0.2, 0) is 4.74 Å². The van der Waals surface area contributed by atoms with Gasteiger partial charge < -0.3 is 15.6 Å². The Hall–Kier alpha value is -0.120. The molecule has 4 atom stereocenters. The minimum Gasteiger partial charge on any atom is -0.394 e. The van der Waals surface area contributed by atoms with Crippen molar-refractivity contribution in [1.82, 2.24) is 0 Å². The van der Waals surface area contributed by atoms with Gasteiger partial charge >= 0.3 is 0 Å². The average molecular weight is 227 g/mol. The first-order valence-electron chi connectivity index (χ1n) is 6.72. The minimum atomic E-state index is -0.136. The van der Waals surface area contributed by atoms with Gasteiger partial charge in [0.1, 0.15) is 0 Å². The van der Waals surface area contributed by atoms with Crippen molar-refractivity contribution in [3.05, 3.63) is 0 Å². The van der Waals surface area contributed by atoms with Gasteiger partial charge in [-0.3, -0.25) is 0 Å². The number of aliphatic hydroxyl groups excluding tert-OH is 1. The van der Waals surface area contributed by atoms with Gasteiger partial charge in [0.15, 0.2) is 0 Å². The van der Waals surface area contributed by atoms with Crippen LogP contribution in [0.15, 0.2) is 0 Å². The zero-order chi connectivity index (χ0) is 11.5. The molecule has 0 aromatic heterocycles. The summed E-state index contributed by atoms with van der Waals surface area (Å²) in [7, 11) is 0. The molecule has 2 rings (SSSR count). The van der Waals surface area contributed by atoms with Gasteiger partial charge in [-0.15, -0.1) is 0 Å². The molecule has 0 aromatic carbocycles. The first kappa shape index (κ1) is 12.3. The number of hydrogen-bond acceptors (Lipinski definition) is 3. The molecule has 2 aliphatic carbocycles. The molecule has 3 N–H and O–H groups in total. The van der Waals surface area contributed by atoms with E-state index in [4.69, 9.17) is 10.5 Å². The van der Waals surface area contributed by atoms with Gasteiger partial charge in [-0.2, -0.15) is 0 Å². The Balaban J connectivity index is 1.80. The maximum atomic E-state index is 9.36. The van der Waals surface area contributed by atoms with E-state index in [-0.39, 0.29) is 18.8 Å². The average Bonchev–Trinajstić information content (AvgIpc) is 3.09. The number of ether oxygens (including phenoxy) is 1. The SMILES string of the molecule is CC1CCCC(OC(CO)C(N)C2CC2)C1. The highest BCUT2D eigenvalue weighted by Crippen LogP contribution is 2.35. The van der Waals surface area contributed by atoms with Crippen molar-refractivity contribution in [2.24, 2.45) is 17.6 Å². The second-order valence-electron chi connectivity index (χ2n) is 5.67. The number of aliphatic hydroxyl groups is 1. The van der Waals surface area contributed by atoms with Gasteiger partial charge in [0, 0.05) is 6.04 Å². The lowest BCUT2D eigenvalue weighted by Gasteiger charge is -2.32. The second-order valence-corrected chi connectivity index (χ2v) is 5.67. The van der Waals surface area contributed by atoms with Crippen LogP contribution in [0.25, 0.3) is 0 Å². The van der Waals surface area contributed by atoms with Gasteiger partial charge in [-0.25, -0.2) is 0 Å². The van der Waals surface area contributed by atoms with Crippen molar-refractivity contribution in [3.8, 4) is 0 Å². The first-order valence-corrected chi connectivity index (χ1v) is 6.72. The van der Waals surface area contributed by atoms with Crippen LogP contribution in [0.4, 0.5) is 0 Å². The lowest BCUT2D eigenvalue weighted by Crippen LogP contribution is -2.43. The zero-order valence-electron chi connectivity index (χ0n) is 10.3. The molecule has 2 fully saturated rings. The standard InChI is InChI=1S/C13H25NO2/c1-9-3-2-4-11(7-9)16-12(8-15)13(14)10-5-6-10/h9-13,15H,2-8,14H2,1H3. The van der Waals surface area contributed by atoms with Crippen molar-refractivity contribution >= 4 is 0 Å². The third-order valence-electron chi connectivity index (χ3n) is 4.03. The van der Waals surface area contributed by atoms with Crippen LogP contribution in [0.5, 0.6) is 0 Å². The van der Waals surface area contributed by atoms with E-state index in [0.29, 0.717) is 12.0 Å². The van der Waals surface area contributed by atoms with Crippen LogP contribution in [0.1, 0.15) is 45.4 Å². The zero-order valence-corrected chi connectivity index (χ0v) is 10.3. The van der Waals surface area contributed by atoms with E-state index >= 15 is 0 Å². The van der Waals surface area contributed by atoms with Crippen molar-refractivity contribution < 1.29 is 9.84 Å². The van der Waals surface area contributed by atoms with Gasteiger partial charge in [0.05, 0.1) is 18.8 Å². The fourth-order valence-electron chi connectivity index (χ4n) is 2.79. The molecule has 2 aliphatic rings. The van der Waals surface area contributed by atoms with Crippen molar-refractivity contribution in [2.75, 3.05) is 6.61 Å². The predicted molar refractivity (Wildman–Crippen MR) is 64.1 cm³/mol. The smallest absolute Gasteiger partial charge is 0.0962 e.